The fraction of sp³-hybridized carbons (Fsp3) is 0.263. The van der Waals surface area contributed by atoms with Crippen LogP contribution in [0, 0.1) is 0 Å². The summed E-state index contributed by atoms with van der Waals surface area (Å²) >= 11 is 0. The summed E-state index contributed by atoms with van der Waals surface area (Å²) in [6.07, 6.45) is 0. The van der Waals surface area contributed by atoms with Gasteiger partial charge in [0.2, 0.25) is 0 Å². The van der Waals surface area contributed by atoms with E-state index in [1.165, 1.54) is 6.92 Å². The first kappa shape index (κ1) is 19.1. The highest BCUT2D eigenvalue weighted by molar-refractivity contribution is 5.95. The fourth-order valence-electron chi connectivity index (χ4n) is 2.16. The summed E-state index contributed by atoms with van der Waals surface area (Å²) in [7, 11) is 3.13. The van der Waals surface area contributed by atoms with Gasteiger partial charge < -0.3 is 24.8 Å². The first-order valence-electron chi connectivity index (χ1n) is 8.03. The van der Waals surface area contributed by atoms with Crippen LogP contribution in [0.25, 0.3) is 0 Å². The molecule has 2 amide bonds. The van der Waals surface area contributed by atoms with Crippen LogP contribution in [0.4, 0.5) is 10.5 Å². The standard InChI is InChI=1S/C19H22N2O5/c1-13(22)14-4-6-15(7-5-14)21-19(23)20-8-9-26-18-11-16(24-2)10-17(12-18)25-3/h4-7,10-12H,8-9H2,1-3H3,(H2,20,21,23). The molecule has 0 saturated heterocycles. The largest absolute Gasteiger partial charge is 0.496 e. The van der Waals surface area contributed by atoms with Crippen LogP contribution in [-0.2, 0) is 0 Å². The Hall–Kier alpha value is -3.22. The molecule has 2 N–H and O–H groups in total. The third-order valence-corrected chi connectivity index (χ3v) is 3.53. The zero-order valence-electron chi connectivity index (χ0n) is 15.0. The highest BCUT2D eigenvalue weighted by Gasteiger charge is 2.05. The van der Waals surface area contributed by atoms with E-state index in [0.29, 0.717) is 35.0 Å². The predicted octanol–water partition coefficient (Wildman–Crippen LogP) is 3.11. The number of anilines is 1. The predicted molar refractivity (Wildman–Crippen MR) is 98.5 cm³/mol. The van der Waals surface area contributed by atoms with Gasteiger partial charge in [0, 0.05) is 29.4 Å². The summed E-state index contributed by atoms with van der Waals surface area (Å²) in [6, 6.07) is 11.5. The molecular formula is C19H22N2O5. The molecule has 0 atom stereocenters. The number of ether oxygens (including phenoxy) is 3. The topological polar surface area (TPSA) is 85.9 Å². The first-order chi connectivity index (χ1) is 12.5. The van der Waals surface area contributed by atoms with Crippen LogP contribution >= 0.6 is 0 Å². The van der Waals surface area contributed by atoms with Crippen molar-refractivity contribution in [3.8, 4) is 17.2 Å². The minimum atomic E-state index is -0.354. The molecule has 138 valence electrons. The number of nitrogens with one attached hydrogen (secondary N) is 2. The highest BCUT2D eigenvalue weighted by Crippen LogP contribution is 2.27. The zero-order valence-corrected chi connectivity index (χ0v) is 15.0. The quantitative estimate of drug-likeness (QED) is 0.559. The van der Waals surface area contributed by atoms with Crippen LogP contribution in [-0.4, -0.2) is 39.2 Å². The molecular weight excluding hydrogens is 336 g/mol. The second kappa shape index (κ2) is 9.31. The molecule has 0 bridgehead atoms. The minimum absolute atomic E-state index is 0.0210. The lowest BCUT2D eigenvalue weighted by molar-refractivity contribution is 0.101. The van der Waals surface area contributed by atoms with Gasteiger partial charge >= 0.3 is 6.03 Å². The van der Waals surface area contributed by atoms with Crippen molar-refractivity contribution < 1.29 is 23.8 Å². The lowest BCUT2D eigenvalue weighted by atomic mass is 10.1. The number of hydrogen-bond donors (Lipinski definition) is 2. The third kappa shape index (κ3) is 5.70. The fourth-order valence-corrected chi connectivity index (χ4v) is 2.16. The summed E-state index contributed by atoms with van der Waals surface area (Å²) in [6.45, 7) is 2.09. The number of rotatable bonds is 8. The number of Topliss-reactive ketones (excluding diaryl/α,β-unsaturated/α-hetero) is 1. The Morgan fingerprint density at radius 2 is 1.50 bits per heavy atom. The second-order valence-electron chi connectivity index (χ2n) is 5.41. The molecule has 0 aromatic heterocycles. The minimum Gasteiger partial charge on any atom is -0.496 e. The van der Waals surface area contributed by atoms with E-state index in [4.69, 9.17) is 14.2 Å². The van der Waals surface area contributed by atoms with E-state index in [1.54, 1.807) is 56.7 Å². The van der Waals surface area contributed by atoms with E-state index in [1.807, 2.05) is 0 Å². The maximum Gasteiger partial charge on any atom is 0.319 e. The first-order valence-corrected chi connectivity index (χ1v) is 8.03. The molecule has 7 nitrogen and oxygen atoms in total. The molecule has 0 unspecified atom stereocenters. The summed E-state index contributed by atoms with van der Waals surface area (Å²) < 4.78 is 15.9. The van der Waals surface area contributed by atoms with Crippen molar-refractivity contribution in [3.05, 3.63) is 48.0 Å². The SMILES string of the molecule is COc1cc(OC)cc(OCCNC(=O)Nc2ccc(C(C)=O)cc2)c1. The summed E-state index contributed by atoms with van der Waals surface area (Å²) in [5, 5.41) is 5.38. The summed E-state index contributed by atoms with van der Waals surface area (Å²) in [5.74, 6) is 1.81. The van der Waals surface area contributed by atoms with Crippen molar-refractivity contribution in [2.45, 2.75) is 6.92 Å². The number of benzene rings is 2. The molecule has 0 fully saturated rings. The highest BCUT2D eigenvalue weighted by atomic mass is 16.5. The van der Waals surface area contributed by atoms with Gasteiger partial charge in [-0.15, -0.1) is 0 Å². The molecule has 0 radical (unpaired) electrons. The summed E-state index contributed by atoms with van der Waals surface area (Å²) in [5.41, 5.74) is 1.20. The van der Waals surface area contributed by atoms with E-state index in [-0.39, 0.29) is 18.4 Å². The van der Waals surface area contributed by atoms with Gasteiger partial charge in [0.05, 0.1) is 20.8 Å². The van der Waals surface area contributed by atoms with E-state index in [9.17, 15) is 9.59 Å². The van der Waals surface area contributed by atoms with Crippen LogP contribution in [0.3, 0.4) is 0 Å². The molecule has 7 heteroatoms. The monoisotopic (exact) mass is 358 g/mol. The molecule has 2 aromatic carbocycles. The van der Waals surface area contributed by atoms with Crippen LogP contribution in [0.1, 0.15) is 17.3 Å². The van der Waals surface area contributed by atoms with Gasteiger partial charge in [0.1, 0.15) is 23.9 Å². The maximum atomic E-state index is 11.9. The van der Waals surface area contributed by atoms with Gasteiger partial charge in [0.25, 0.3) is 0 Å². The lowest BCUT2D eigenvalue weighted by Crippen LogP contribution is -2.32. The Kier molecular flexibility index (Phi) is 6.84. The maximum absolute atomic E-state index is 11.9. The molecule has 0 heterocycles. The molecule has 0 spiro atoms. The third-order valence-electron chi connectivity index (χ3n) is 3.53. The number of ketones is 1. The van der Waals surface area contributed by atoms with E-state index < -0.39 is 0 Å². The number of methoxy groups -OCH3 is 2. The molecule has 2 rings (SSSR count). The van der Waals surface area contributed by atoms with E-state index in [2.05, 4.69) is 10.6 Å². The van der Waals surface area contributed by atoms with Crippen molar-refractivity contribution in [3.63, 3.8) is 0 Å². The normalized spacial score (nSPS) is 9.96. The van der Waals surface area contributed by atoms with Crippen molar-refractivity contribution >= 4 is 17.5 Å². The number of carbonyl (C=O) groups excluding carboxylic acids is 2. The number of hydrogen-bond acceptors (Lipinski definition) is 5. The van der Waals surface area contributed by atoms with Gasteiger partial charge in [-0.3, -0.25) is 4.79 Å². The van der Waals surface area contributed by atoms with Gasteiger partial charge in [-0.25, -0.2) is 4.79 Å². The Morgan fingerprint density at radius 3 is 2.04 bits per heavy atom. The van der Waals surface area contributed by atoms with Crippen molar-refractivity contribution in [2.75, 3.05) is 32.7 Å². The molecule has 0 aliphatic carbocycles. The lowest BCUT2D eigenvalue weighted by Gasteiger charge is -2.11. The van der Waals surface area contributed by atoms with Crippen LogP contribution < -0.4 is 24.8 Å². The number of carbonyl (C=O) groups is 2. The average Bonchev–Trinajstić information content (AvgIpc) is 2.65. The molecule has 2 aromatic rings. The van der Waals surface area contributed by atoms with Crippen LogP contribution in [0.5, 0.6) is 17.2 Å². The number of amides is 2. The molecule has 0 aliphatic rings. The van der Waals surface area contributed by atoms with Gasteiger partial charge in [-0.05, 0) is 31.2 Å². The smallest absolute Gasteiger partial charge is 0.319 e. The van der Waals surface area contributed by atoms with E-state index in [0.717, 1.165) is 0 Å². The van der Waals surface area contributed by atoms with Crippen molar-refractivity contribution in [2.24, 2.45) is 0 Å². The Morgan fingerprint density at radius 1 is 0.923 bits per heavy atom. The second-order valence-corrected chi connectivity index (χ2v) is 5.41. The van der Waals surface area contributed by atoms with Crippen molar-refractivity contribution in [1.82, 2.24) is 5.32 Å². The number of urea groups is 1. The Labute approximate surface area is 152 Å². The molecule has 0 saturated carbocycles. The van der Waals surface area contributed by atoms with E-state index >= 15 is 0 Å². The zero-order chi connectivity index (χ0) is 18.9. The average molecular weight is 358 g/mol. The van der Waals surface area contributed by atoms with Crippen molar-refractivity contribution in [1.29, 1.82) is 0 Å². The van der Waals surface area contributed by atoms with Crippen LogP contribution in [0.2, 0.25) is 0 Å². The molecule has 0 aliphatic heterocycles. The summed E-state index contributed by atoms with van der Waals surface area (Å²) in [4.78, 5) is 23.1. The molecule has 26 heavy (non-hydrogen) atoms. The van der Waals surface area contributed by atoms with Crippen LogP contribution in [0.15, 0.2) is 42.5 Å². The van der Waals surface area contributed by atoms with Gasteiger partial charge in [0.15, 0.2) is 5.78 Å². The Balaban J connectivity index is 1.77. The Bertz CT molecular complexity index is 737. The van der Waals surface area contributed by atoms with Gasteiger partial charge in [-0.2, -0.15) is 0 Å². The van der Waals surface area contributed by atoms with Gasteiger partial charge in [-0.1, -0.05) is 0 Å².